The maximum Gasteiger partial charge on any atom is 0.147 e. The topological polar surface area (TPSA) is 8.17 Å². The van der Waals surface area contributed by atoms with E-state index >= 15 is 4.39 Å². The minimum Gasteiger partial charge on any atom is -0.311 e. The van der Waals surface area contributed by atoms with Gasteiger partial charge in [-0.05, 0) is 106 Å². The van der Waals surface area contributed by atoms with E-state index in [1.165, 1.54) is 42.4 Å². The smallest absolute Gasteiger partial charge is 0.147 e. The molecule has 0 saturated carbocycles. The van der Waals surface area contributed by atoms with Gasteiger partial charge in [-0.25, -0.2) is 4.39 Å². The van der Waals surface area contributed by atoms with Crippen molar-refractivity contribution in [2.24, 2.45) is 0 Å². The average molecular weight is 763 g/mol. The molecule has 0 fully saturated rings. The summed E-state index contributed by atoms with van der Waals surface area (Å²) in [4.78, 5) is 2.32. The second-order valence-electron chi connectivity index (χ2n) is 14.7. The third kappa shape index (κ3) is 5.77. The van der Waals surface area contributed by atoms with Gasteiger partial charge in [-0.15, -0.1) is 11.3 Å². The number of fused-ring (bicyclic) bond motifs is 6. The van der Waals surface area contributed by atoms with Crippen LogP contribution >= 0.6 is 11.3 Å². The van der Waals surface area contributed by atoms with E-state index in [1.807, 2.05) is 34.1 Å². The van der Waals surface area contributed by atoms with Gasteiger partial charge in [0.1, 0.15) is 5.82 Å². The Morgan fingerprint density at radius 1 is 0.397 bits per heavy atom. The highest BCUT2D eigenvalue weighted by Gasteiger charge is 2.18. The fourth-order valence-electron chi connectivity index (χ4n) is 8.56. The first-order chi connectivity index (χ1) is 28.7. The van der Waals surface area contributed by atoms with Crippen molar-refractivity contribution in [2.45, 2.75) is 0 Å². The second kappa shape index (κ2) is 14.0. The molecule has 0 amide bonds. The molecule has 58 heavy (non-hydrogen) atoms. The Morgan fingerprint density at radius 3 is 1.67 bits per heavy atom. The van der Waals surface area contributed by atoms with Crippen molar-refractivity contribution in [3.05, 3.63) is 218 Å². The van der Waals surface area contributed by atoms with Crippen LogP contribution < -0.4 is 4.90 Å². The SMILES string of the molecule is Fc1cccc2c3ccccc3n(-c3cccc(-c4ccc(N(c5ccc(-c6ccccc6)cc5)c5ccc(-c6cccc7sc8ccccc8c67)cc5)cc4)c3)c12. The minimum absolute atomic E-state index is 0.231. The quantitative estimate of drug-likeness (QED) is 0.157. The van der Waals surface area contributed by atoms with Crippen LogP contribution in [0.3, 0.4) is 0 Å². The number of hydrogen-bond acceptors (Lipinski definition) is 2. The van der Waals surface area contributed by atoms with E-state index in [9.17, 15) is 0 Å². The normalized spacial score (nSPS) is 11.5. The molecule has 2 heterocycles. The summed E-state index contributed by atoms with van der Waals surface area (Å²) >= 11 is 1.85. The molecular formula is C54H35FN2S. The molecule has 274 valence electrons. The van der Waals surface area contributed by atoms with Gasteiger partial charge in [0.25, 0.3) is 0 Å². The summed E-state index contributed by atoms with van der Waals surface area (Å²) in [6.07, 6.45) is 0. The number of aromatic nitrogens is 1. The number of hydrogen-bond donors (Lipinski definition) is 0. The second-order valence-corrected chi connectivity index (χ2v) is 15.7. The monoisotopic (exact) mass is 762 g/mol. The fraction of sp³-hybridized carbons (Fsp3) is 0. The van der Waals surface area contributed by atoms with E-state index in [1.54, 1.807) is 12.1 Å². The Bertz CT molecular complexity index is 3270. The number of benzene rings is 9. The molecule has 0 bridgehead atoms. The zero-order valence-electron chi connectivity index (χ0n) is 31.4. The Morgan fingerprint density at radius 2 is 0.931 bits per heavy atom. The Labute approximate surface area is 339 Å². The molecule has 0 spiro atoms. The van der Waals surface area contributed by atoms with E-state index in [-0.39, 0.29) is 5.82 Å². The van der Waals surface area contributed by atoms with Crippen LogP contribution in [0, 0.1) is 5.82 Å². The number of nitrogens with zero attached hydrogens (tertiary/aromatic N) is 2. The molecule has 9 aromatic carbocycles. The highest BCUT2D eigenvalue weighted by Crippen LogP contribution is 2.42. The summed E-state index contributed by atoms with van der Waals surface area (Å²) in [5, 5.41) is 4.56. The number of thiophene rings is 1. The van der Waals surface area contributed by atoms with E-state index in [2.05, 4.69) is 187 Å². The predicted molar refractivity (Wildman–Crippen MR) is 245 cm³/mol. The van der Waals surface area contributed by atoms with E-state index in [0.29, 0.717) is 5.52 Å². The molecule has 2 nitrogen and oxygen atoms in total. The van der Waals surface area contributed by atoms with E-state index in [0.717, 1.165) is 50.2 Å². The first kappa shape index (κ1) is 34.0. The molecule has 0 aliphatic carbocycles. The van der Waals surface area contributed by atoms with Crippen molar-refractivity contribution >= 4 is 70.4 Å². The largest absolute Gasteiger partial charge is 0.311 e. The van der Waals surface area contributed by atoms with Crippen molar-refractivity contribution in [1.82, 2.24) is 4.57 Å². The molecule has 0 N–H and O–H groups in total. The van der Waals surface area contributed by atoms with Crippen LogP contribution in [0.15, 0.2) is 212 Å². The summed E-state index contributed by atoms with van der Waals surface area (Å²) in [5.74, 6) is -0.231. The minimum atomic E-state index is -0.231. The third-order valence-corrected chi connectivity index (χ3v) is 12.4. The zero-order chi connectivity index (χ0) is 38.6. The van der Waals surface area contributed by atoms with Gasteiger partial charge in [0.15, 0.2) is 0 Å². The van der Waals surface area contributed by atoms with Crippen molar-refractivity contribution < 1.29 is 4.39 Å². The number of rotatable bonds is 7. The maximum atomic E-state index is 15.5. The Kier molecular flexibility index (Phi) is 8.23. The van der Waals surface area contributed by atoms with Gasteiger partial charge in [-0.3, -0.25) is 0 Å². The van der Waals surface area contributed by atoms with Gasteiger partial charge >= 0.3 is 0 Å². The summed E-state index contributed by atoms with van der Waals surface area (Å²) < 4.78 is 20.1. The molecule has 0 unspecified atom stereocenters. The highest BCUT2D eigenvalue weighted by atomic mass is 32.1. The van der Waals surface area contributed by atoms with E-state index in [4.69, 9.17) is 0 Å². The molecule has 11 rings (SSSR count). The Hall–Kier alpha value is -7.27. The first-order valence-electron chi connectivity index (χ1n) is 19.5. The van der Waals surface area contributed by atoms with Crippen LogP contribution in [-0.2, 0) is 0 Å². The maximum absolute atomic E-state index is 15.5. The van der Waals surface area contributed by atoms with E-state index < -0.39 is 0 Å². The van der Waals surface area contributed by atoms with Crippen LogP contribution in [0.5, 0.6) is 0 Å². The number of anilines is 3. The number of halogens is 1. The van der Waals surface area contributed by atoms with Gasteiger partial charge < -0.3 is 9.47 Å². The summed E-state index contributed by atoms with van der Waals surface area (Å²) in [6, 6.07) is 74.2. The molecule has 4 heteroatoms. The van der Waals surface area contributed by atoms with Crippen LogP contribution in [0.4, 0.5) is 21.5 Å². The average Bonchev–Trinajstić information content (AvgIpc) is 3.85. The standard InChI is InChI=1S/C54H35FN2S/c55-49-19-9-18-47-46-15-4-6-20-50(46)57(54(47)49)44-14-8-13-40(35-44)38-25-31-42(32-26-38)56(41-29-23-37(24-30-41)36-11-2-1-3-12-36)43-33-27-39(28-34-43)45-17-10-22-52-53(45)48-16-5-7-21-51(48)58-52/h1-35H. The lowest BCUT2D eigenvalue weighted by Gasteiger charge is -2.26. The molecule has 0 atom stereocenters. The van der Waals surface area contributed by atoms with Gasteiger partial charge in [-0.1, -0.05) is 140 Å². The van der Waals surface area contributed by atoms with Crippen LogP contribution in [0.25, 0.3) is 81.0 Å². The van der Waals surface area contributed by atoms with Crippen LogP contribution in [-0.4, -0.2) is 4.57 Å². The predicted octanol–water partition coefficient (Wildman–Crippen LogP) is 15.8. The van der Waals surface area contributed by atoms with Crippen molar-refractivity contribution in [3.63, 3.8) is 0 Å². The van der Waals surface area contributed by atoms with Gasteiger partial charge in [0.2, 0.25) is 0 Å². The lowest BCUT2D eigenvalue weighted by Crippen LogP contribution is -2.09. The van der Waals surface area contributed by atoms with Gasteiger partial charge in [0.05, 0.1) is 11.0 Å². The molecule has 2 aromatic heterocycles. The van der Waals surface area contributed by atoms with Crippen molar-refractivity contribution in [2.75, 3.05) is 4.90 Å². The van der Waals surface area contributed by atoms with Crippen molar-refractivity contribution in [3.8, 4) is 39.1 Å². The van der Waals surface area contributed by atoms with Crippen molar-refractivity contribution in [1.29, 1.82) is 0 Å². The molecule has 11 aromatic rings. The highest BCUT2D eigenvalue weighted by molar-refractivity contribution is 7.25. The first-order valence-corrected chi connectivity index (χ1v) is 20.3. The molecular weight excluding hydrogens is 728 g/mol. The van der Waals surface area contributed by atoms with Crippen LogP contribution in [0.2, 0.25) is 0 Å². The Balaban J connectivity index is 0.983. The molecule has 0 radical (unpaired) electrons. The molecule has 0 aliphatic heterocycles. The summed E-state index contributed by atoms with van der Waals surface area (Å²) in [6.45, 7) is 0. The lowest BCUT2D eigenvalue weighted by molar-refractivity contribution is 0.635. The number of para-hydroxylation sites is 2. The molecule has 0 saturated heterocycles. The zero-order valence-corrected chi connectivity index (χ0v) is 32.2. The van der Waals surface area contributed by atoms with Gasteiger partial charge in [0, 0.05) is 53.7 Å². The van der Waals surface area contributed by atoms with Crippen LogP contribution in [0.1, 0.15) is 0 Å². The van der Waals surface area contributed by atoms with Gasteiger partial charge in [-0.2, -0.15) is 0 Å². The molecule has 0 aliphatic rings. The third-order valence-electron chi connectivity index (χ3n) is 11.3. The fourth-order valence-corrected chi connectivity index (χ4v) is 9.69. The lowest BCUT2D eigenvalue weighted by atomic mass is 9.99. The summed E-state index contributed by atoms with van der Waals surface area (Å²) in [7, 11) is 0. The summed E-state index contributed by atoms with van der Waals surface area (Å²) in [5.41, 5.74) is 12.6.